The van der Waals surface area contributed by atoms with Crippen LogP contribution in [0.2, 0.25) is 0 Å². The van der Waals surface area contributed by atoms with Crippen molar-refractivity contribution < 1.29 is 9.59 Å². The summed E-state index contributed by atoms with van der Waals surface area (Å²) in [6, 6.07) is 8.73. The van der Waals surface area contributed by atoms with Crippen molar-refractivity contribution in [1.29, 1.82) is 0 Å². The van der Waals surface area contributed by atoms with E-state index in [4.69, 9.17) is 0 Å². The van der Waals surface area contributed by atoms with Crippen LogP contribution in [0.5, 0.6) is 0 Å². The summed E-state index contributed by atoms with van der Waals surface area (Å²) in [6.07, 6.45) is 3.15. The van der Waals surface area contributed by atoms with Gasteiger partial charge in [-0.1, -0.05) is 38.0 Å². The summed E-state index contributed by atoms with van der Waals surface area (Å²) in [7, 11) is 0. The maximum Gasteiger partial charge on any atom is 0.290 e. The molecule has 1 aliphatic rings. The van der Waals surface area contributed by atoms with Gasteiger partial charge in [0.05, 0.1) is 5.69 Å². The lowest BCUT2D eigenvalue weighted by molar-refractivity contribution is -0.126. The van der Waals surface area contributed by atoms with Gasteiger partial charge in [-0.25, -0.2) is 10.0 Å². The number of benzene rings is 1. The van der Waals surface area contributed by atoms with Crippen LogP contribution < -0.4 is 10.4 Å². The first-order chi connectivity index (χ1) is 12.0. The van der Waals surface area contributed by atoms with E-state index in [0.29, 0.717) is 12.2 Å². The number of hydrazine groups is 1. The molecule has 1 atom stereocenters. The molecule has 6 heteroatoms. The summed E-state index contributed by atoms with van der Waals surface area (Å²) in [4.78, 5) is 31.5. The van der Waals surface area contributed by atoms with Crippen molar-refractivity contribution in [3.8, 4) is 0 Å². The summed E-state index contributed by atoms with van der Waals surface area (Å²) >= 11 is 0. The van der Waals surface area contributed by atoms with Crippen molar-refractivity contribution in [2.45, 2.75) is 59.0 Å². The maximum atomic E-state index is 13.0. The van der Waals surface area contributed by atoms with Gasteiger partial charge in [0, 0.05) is 12.6 Å². The third-order valence-electron chi connectivity index (χ3n) is 4.22. The van der Waals surface area contributed by atoms with Crippen LogP contribution in [0.3, 0.4) is 0 Å². The zero-order valence-corrected chi connectivity index (χ0v) is 15.5. The van der Waals surface area contributed by atoms with E-state index >= 15 is 0 Å². The zero-order valence-electron chi connectivity index (χ0n) is 15.5. The van der Waals surface area contributed by atoms with Crippen molar-refractivity contribution >= 4 is 23.3 Å². The van der Waals surface area contributed by atoms with Crippen LogP contribution in [0.15, 0.2) is 35.3 Å². The van der Waals surface area contributed by atoms with E-state index < -0.39 is 6.04 Å². The SMILES string of the molecule is CCCCCN(C(=O)C1=N[C@@H](C)C(=O)N(c2ccccc2)N1)C(C)C. The number of nitrogens with one attached hydrogen (secondary N) is 1. The maximum absolute atomic E-state index is 13.0. The highest BCUT2D eigenvalue weighted by Crippen LogP contribution is 2.17. The lowest BCUT2D eigenvalue weighted by Gasteiger charge is -2.34. The fraction of sp³-hybridized carbons (Fsp3) is 0.526. The molecule has 0 unspecified atom stereocenters. The van der Waals surface area contributed by atoms with E-state index in [2.05, 4.69) is 17.3 Å². The number of amidine groups is 1. The highest BCUT2D eigenvalue weighted by Gasteiger charge is 2.33. The number of carbonyl (C=O) groups is 2. The van der Waals surface area contributed by atoms with Gasteiger partial charge in [0.1, 0.15) is 6.04 Å². The second kappa shape index (κ2) is 8.65. The fourth-order valence-electron chi connectivity index (χ4n) is 2.76. The van der Waals surface area contributed by atoms with Crippen LogP contribution in [0.25, 0.3) is 0 Å². The number of nitrogens with zero attached hydrogens (tertiary/aromatic N) is 3. The molecule has 2 rings (SSSR count). The predicted octanol–water partition coefficient (Wildman–Crippen LogP) is 2.75. The normalized spacial score (nSPS) is 17.3. The number of unbranched alkanes of at least 4 members (excludes halogenated alkanes) is 2. The zero-order chi connectivity index (χ0) is 18.4. The number of para-hydroxylation sites is 1. The number of carbonyl (C=O) groups excluding carboxylic acids is 2. The standard InChI is InChI=1S/C19H28N4O2/c1-5-6-10-13-22(14(2)3)19(25)17-20-15(4)18(24)23(21-17)16-11-8-7-9-12-16/h7-9,11-12,14-15H,5-6,10,13H2,1-4H3,(H,20,21)/t15-/m0/s1. The van der Waals surface area contributed by atoms with Crippen molar-refractivity contribution in [1.82, 2.24) is 10.3 Å². The summed E-state index contributed by atoms with van der Waals surface area (Å²) < 4.78 is 0. The fourth-order valence-corrected chi connectivity index (χ4v) is 2.76. The predicted molar refractivity (Wildman–Crippen MR) is 100 cm³/mol. The Morgan fingerprint density at radius 1 is 1.28 bits per heavy atom. The average Bonchev–Trinajstić information content (AvgIpc) is 2.61. The molecule has 0 aliphatic carbocycles. The van der Waals surface area contributed by atoms with Crippen LogP contribution >= 0.6 is 0 Å². The Morgan fingerprint density at radius 3 is 2.56 bits per heavy atom. The van der Waals surface area contributed by atoms with E-state index in [-0.39, 0.29) is 23.7 Å². The Hall–Kier alpha value is -2.37. The first-order valence-corrected chi connectivity index (χ1v) is 9.00. The van der Waals surface area contributed by atoms with E-state index in [0.717, 1.165) is 19.3 Å². The van der Waals surface area contributed by atoms with Gasteiger partial charge < -0.3 is 4.90 Å². The Kier molecular flexibility index (Phi) is 6.56. The minimum atomic E-state index is -0.593. The molecule has 1 aliphatic heterocycles. The lowest BCUT2D eigenvalue weighted by Crippen LogP contribution is -2.59. The number of rotatable bonds is 7. The van der Waals surface area contributed by atoms with Crippen LogP contribution in [0, 0.1) is 0 Å². The van der Waals surface area contributed by atoms with Crippen molar-refractivity contribution in [2.24, 2.45) is 4.99 Å². The van der Waals surface area contributed by atoms with Crippen LogP contribution in [0.1, 0.15) is 47.0 Å². The molecule has 0 spiro atoms. The van der Waals surface area contributed by atoms with Crippen molar-refractivity contribution in [2.75, 3.05) is 11.6 Å². The molecule has 2 amide bonds. The first kappa shape index (κ1) is 19.0. The number of anilines is 1. The highest BCUT2D eigenvalue weighted by molar-refractivity contribution is 6.39. The minimum absolute atomic E-state index is 0.0759. The Labute approximate surface area is 149 Å². The Morgan fingerprint density at radius 2 is 1.96 bits per heavy atom. The summed E-state index contributed by atoms with van der Waals surface area (Å²) in [6.45, 7) is 8.54. The molecule has 1 N–H and O–H groups in total. The number of aliphatic imine (C=N–C) groups is 1. The van der Waals surface area contributed by atoms with Crippen molar-refractivity contribution in [3.05, 3.63) is 30.3 Å². The smallest absolute Gasteiger partial charge is 0.290 e. The largest absolute Gasteiger partial charge is 0.334 e. The third-order valence-corrected chi connectivity index (χ3v) is 4.22. The van der Waals surface area contributed by atoms with Crippen LogP contribution in [-0.2, 0) is 9.59 Å². The molecule has 0 radical (unpaired) electrons. The van der Waals surface area contributed by atoms with Gasteiger partial charge in [0.2, 0.25) is 5.84 Å². The molecule has 0 bridgehead atoms. The second-order valence-electron chi connectivity index (χ2n) is 6.57. The molecule has 0 fully saturated rings. The van der Waals surface area contributed by atoms with Gasteiger partial charge in [0.25, 0.3) is 11.8 Å². The van der Waals surface area contributed by atoms with E-state index in [1.165, 1.54) is 5.01 Å². The highest BCUT2D eigenvalue weighted by atomic mass is 16.2. The Bertz CT molecular complexity index is 628. The van der Waals surface area contributed by atoms with Gasteiger partial charge in [-0.05, 0) is 39.3 Å². The van der Waals surface area contributed by atoms with Gasteiger partial charge in [-0.15, -0.1) is 0 Å². The third kappa shape index (κ3) is 4.59. The topological polar surface area (TPSA) is 65.0 Å². The first-order valence-electron chi connectivity index (χ1n) is 9.00. The van der Waals surface area contributed by atoms with Gasteiger partial charge in [-0.3, -0.25) is 15.0 Å². The quantitative estimate of drug-likeness (QED) is 0.774. The summed E-state index contributed by atoms with van der Waals surface area (Å²) in [5, 5.41) is 1.41. The molecule has 1 heterocycles. The number of hydrogen-bond acceptors (Lipinski definition) is 4. The molecule has 1 aromatic rings. The molecular formula is C19H28N4O2. The summed E-state index contributed by atoms with van der Waals surface area (Å²) in [5.41, 5.74) is 3.61. The van der Waals surface area contributed by atoms with Crippen molar-refractivity contribution in [3.63, 3.8) is 0 Å². The Balaban J connectivity index is 2.20. The molecule has 136 valence electrons. The van der Waals surface area contributed by atoms with E-state index in [9.17, 15) is 9.59 Å². The molecular weight excluding hydrogens is 316 g/mol. The molecule has 0 aromatic heterocycles. The molecule has 0 saturated heterocycles. The number of hydrogen-bond donors (Lipinski definition) is 1. The van der Waals surface area contributed by atoms with E-state index in [1.807, 2.05) is 49.1 Å². The summed E-state index contributed by atoms with van der Waals surface area (Å²) in [5.74, 6) is -0.114. The van der Waals surface area contributed by atoms with E-state index in [1.54, 1.807) is 6.92 Å². The number of amides is 2. The van der Waals surface area contributed by atoms with Crippen LogP contribution in [-0.4, -0.2) is 41.2 Å². The van der Waals surface area contributed by atoms with Gasteiger partial charge >= 0.3 is 0 Å². The average molecular weight is 344 g/mol. The molecule has 1 aromatic carbocycles. The lowest BCUT2D eigenvalue weighted by atomic mass is 10.2. The molecule has 25 heavy (non-hydrogen) atoms. The molecule has 0 saturated carbocycles. The monoisotopic (exact) mass is 344 g/mol. The minimum Gasteiger partial charge on any atom is -0.334 e. The molecule has 6 nitrogen and oxygen atoms in total. The second-order valence-corrected chi connectivity index (χ2v) is 6.57. The van der Waals surface area contributed by atoms with Crippen LogP contribution in [0.4, 0.5) is 5.69 Å². The van der Waals surface area contributed by atoms with Gasteiger partial charge in [-0.2, -0.15) is 0 Å². The van der Waals surface area contributed by atoms with Gasteiger partial charge in [0.15, 0.2) is 0 Å².